The molecule has 1 aliphatic heterocycles. The van der Waals surface area contributed by atoms with Gasteiger partial charge in [-0.15, -0.1) is 0 Å². The van der Waals surface area contributed by atoms with Crippen molar-refractivity contribution < 1.29 is 28.5 Å². The average Bonchev–Trinajstić information content (AvgIpc) is 3.47. The fourth-order valence-corrected chi connectivity index (χ4v) is 5.40. The Labute approximate surface area is 285 Å². The van der Waals surface area contributed by atoms with E-state index in [1.54, 1.807) is 18.2 Å². The lowest BCUT2D eigenvalue weighted by Gasteiger charge is -2.14. The number of Topliss-reactive ketones (excluding diaryl/α,β-unsaturated/α-hetero) is 1. The number of carbonyl (C=O) groups is 1. The summed E-state index contributed by atoms with van der Waals surface area (Å²) in [6.07, 6.45) is 1.71. The molecule has 0 aromatic heterocycles. The van der Waals surface area contributed by atoms with Gasteiger partial charge in [-0.1, -0.05) is 127 Å². The van der Waals surface area contributed by atoms with Gasteiger partial charge >= 0.3 is 0 Å². The molecule has 0 saturated carbocycles. The molecule has 242 valence electrons. The van der Waals surface area contributed by atoms with Crippen molar-refractivity contribution in [2.45, 2.75) is 26.4 Å². The van der Waals surface area contributed by atoms with Crippen molar-refractivity contribution in [2.24, 2.45) is 0 Å². The van der Waals surface area contributed by atoms with E-state index in [1.807, 2.05) is 140 Å². The molecule has 0 spiro atoms. The molecule has 0 unspecified atom stereocenters. The monoisotopic (exact) mass is 646 g/mol. The molecule has 0 fully saturated rings. The maximum absolute atomic E-state index is 13.9. The Balaban J connectivity index is 1.16. The Morgan fingerprint density at radius 1 is 0.469 bits per heavy atom. The van der Waals surface area contributed by atoms with E-state index in [1.165, 1.54) is 0 Å². The van der Waals surface area contributed by atoms with Crippen molar-refractivity contribution >= 4 is 11.9 Å². The third-order valence-corrected chi connectivity index (χ3v) is 7.94. The lowest BCUT2D eigenvalue weighted by molar-refractivity contribution is 0.101. The molecule has 1 aliphatic rings. The lowest BCUT2D eigenvalue weighted by Crippen LogP contribution is -2.03. The summed E-state index contributed by atoms with van der Waals surface area (Å²) in [7, 11) is 0. The first-order valence-electron chi connectivity index (χ1n) is 16.1. The van der Waals surface area contributed by atoms with E-state index in [2.05, 4.69) is 0 Å². The van der Waals surface area contributed by atoms with Gasteiger partial charge in [0.2, 0.25) is 5.78 Å². The Morgan fingerprint density at radius 2 is 0.939 bits per heavy atom. The number of ether oxygens (including phenoxy) is 5. The van der Waals surface area contributed by atoms with E-state index in [9.17, 15) is 4.79 Å². The smallest absolute Gasteiger partial charge is 0.235 e. The summed E-state index contributed by atoms with van der Waals surface area (Å²) in [5, 5.41) is 0. The molecule has 0 N–H and O–H groups in total. The molecular formula is C43H34O6. The van der Waals surface area contributed by atoms with Crippen LogP contribution in [0.15, 0.2) is 157 Å². The van der Waals surface area contributed by atoms with Crippen LogP contribution >= 0.6 is 0 Å². The number of fused-ring (bicyclic) bond motifs is 1. The van der Waals surface area contributed by atoms with Crippen LogP contribution in [-0.2, 0) is 26.4 Å². The Morgan fingerprint density at radius 3 is 1.47 bits per heavy atom. The highest BCUT2D eigenvalue weighted by molar-refractivity contribution is 6.16. The number of rotatable bonds is 13. The van der Waals surface area contributed by atoms with Gasteiger partial charge in [0.25, 0.3) is 0 Å². The SMILES string of the molecule is O=C1/C(=C/c2ccc(OCc3ccccc3)c(OCc3ccccc3)c2)Oc2cc(OCc3ccccc3)cc(OCc3ccccc3)c21. The summed E-state index contributed by atoms with van der Waals surface area (Å²) >= 11 is 0. The fraction of sp³-hybridized carbons (Fsp3) is 0.0930. The third-order valence-electron chi connectivity index (χ3n) is 7.94. The van der Waals surface area contributed by atoms with Gasteiger partial charge in [0, 0.05) is 12.1 Å². The van der Waals surface area contributed by atoms with E-state index in [0.29, 0.717) is 54.1 Å². The molecule has 1 heterocycles. The largest absolute Gasteiger partial charge is 0.489 e. The lowest BCUT2D eigenvalue weighted by atomic mass is 10.1. The first-order chi connectivity index (χ1) is 24.2. The maximum Gasteiger partial charge on any atom is 0.235 e. The van der Waals surface area contributed by atoms with Gasteiger partial charge in [-0.25, -0.2) is 0 Å². The zero-order chi connectivity index (χ0) is 33.3. The number of benzene rings is 6. The van der Waals surface area contributed by atoms with E-state index < -0.39 is 0 Å². The van der Waals surface area contributed by atoms with Crippen LogP contribution < -0.4 is 23.7 Å². The molecule has 6 aromatic carbocycles. The van der Waals surface area contributed by atoms with Crippen LogP contribution in [0, 0.1) is 0 Å². The minimum absolute atomic E-state index is 0.173. The average molecular weight is 647 g/mol. The van der Waals surface area contributed by atoms with Gasteiger partial charge in [0.1, 0.15) is 49.2 Å². The van der Waals surface area contributed by atoms with Crippen LogP contribution in [0.25, 0.3) is 6.08 Å². The van der Waals surface area contributed by atoms with E-state index in [4.69, 9.17) is 23.7 Å². The second-order valence-corrected chi connectivity index (χ2v) is 11.5. The molecule has 0 amide bonds. The molecule has 6 aromatic rings. The molecule has 0 aliphatic carbocycles. The zero-order valence-corrected chi connectivity index (χ0v) is 26.8. The minimum atomic E-state index is -0.274. The summed E-state index contributed by atoms with van der Waals surface area (Å²) in [5.41, 5.74) is 5.15. The van der Waals surface area contributed by atoms with Crippen molar-refractivity contribution in [2.75, 3.05) is 0 Å². The van der Waals surface area contributed by atoms with Gasteiger partial charge in [-0.3, -0.25) is 4.79 Å². The topological polar surface area (TPSA) is 63.2 Å². The van der Waals surface area contributed by atoms with Gasteiger partial charge in [0.05, 0.1) is 0 Å². The maximum atomic E-state index is 13.9. The Bertz CT molecular complexity index is 2040. The highest BCUT2D eigenvalue weighted by Gasteiger charge is 2.32. The highest BCUT2D eigenvalue weighted by Crippen LogP contribution is 2.42. The van der Waals surface area contributed by atoms with Crippen LogP contribution in [0.4, 0.5) is 0 Å². The van der Waals surface area contributed by atoms with Gasteiger partial charge < -0.3 is 23.7 Å². The first kappa shape index (κ1) is 31.3. The number of ketones is 1. The standard InChI is InChI=1S/C43H34O6/c44-43-41(24-35-21-22-37(46-28-32-15-7-2-8-16-32)38(23-35)47-29-33-17-9-3-10-18-33)49-40-26-36(45-27-31-13-5-1-6-14-31)25-39(42(40)43)48-30-34-19-11-4-12-20-34/h1-26H,27-30H2/b41-24-. The summed E-state index contributed by atoms with van der Waals surface area (Å²) in [5.74, 6) is 2.37. The van der Waals surface area contributed by atoms with E-state index >= 15 is 0 Å². The summed E-state index contributed by atoms with van der Waals surface area (Å²) in [6, 6.07) is 48.7. The van der Waals surface area contributed by atoms with Crippen molar-refractivity contribution in [1.29, 1.82) is 0 Å². The molecule has 7 rings (SSSR count). The van der Waals surface area contributed by atoms with Crippen molar-refractivity contribution in [3.63, 3.8) is 0 Å². The minimum Gasteiger partial charge on any atom is -0.489 e. The van der Waals surface area contributed by atoms with E-state index in [-0.39, 0.29) is 18.1 Å². The fourth-order valence-electron chi connectivity index (χ4n) is 5.40. The molecule has 0 atom stereocenters. The third kappa shape index (κ3) is 8.00. The molecule has 6 nitrogen and oxygen atoms in total. The summed E-state index contributed by atoms with van der Waals surface area (Å²) < 4.78 is 31.0. The van der Waals surface area contributed by atoms with Crippen LogP contribution in [0.5, 0.6) is 28.7 Å². The second-order valence-electron chi connectivity index (χ2n) is 11.5. The molecular weight excluding hydrogens is 612 g/mol. The van der Waals surface area contributed by atoms with Crippen molar-refractivity contribution in [3.8, 4) is 28.7 Å². The van der Waals surface area contributed by atoms with Crippen molar-refractivity contribution in [3.05, 3.63) is 191 Å². The molecule has 0 bridgehead atoms. The van der Waals surface area contributed by atoms with Crippen LogP contribution in [0.3, 0.4) is 0 Å². The molecule has 6 heteroatoms. The molecule has 49 heavy (non-hydrogen) atoms. The molecule has 0 radical (unpaired) electrons. The normalized spacial score (nSPS) is 12.7. The summed E-state index contributed by atoms with van der Waals surface area (Å²) in [6.45, 7) is 1.39. The van der Waals surface area contributed by atoms with Crippen molar-refractivity contribution in [1.82, 2.24) is 0 Å². The van der Waals surface area contributed by atoms with Gasteiger partial charge in [-0.2, -0.15) is 0 Å². The highest BCUT2D eigenvalue weighted by atomic mass is 16.5. The van der Waals surface area contributed by atoms with Crippen LogP contribution in [0.2, 0.25) is 0 Å². The number of hydrogen-bond acceptors (Lipinski definition) is 6. The predicted molar refractivity (Wildman–Crippen MR) is 189 cm³/mol. The second kappa shape index (κ2) is 15.1. The predicted octanol–water partition coefficient (Wildman–Crippen LogP) is 9.62. The molecule has 0 saturated heterocycles. The first-order valence-corrected chi connectivity index (χ1v) is 16.1. The summed E-state index contributed by atoms with van der Waals surface area (Å²) in [4.78, 5) is 13.9. The Hall–Kier alpha value is -6.27. The van der Waals surface area contributed by atoms with E-state index in [0.717, 1.165) is 27.8 Å². The number of carbonyl (C=O) groups excluding carboxylic acids is 1. The van der Waals surface area contributed by atoms with Gasteiger partial charge in [-0.05, 0) is 46.0 Å². The van der Waals surface area contributed by atoms with Crippen LogP contribution in [0.1, 0.15) is 38.2 Å². The number of hydrogen-bond donors (Lipinski definition) is 0. The van der Waals surface area contributed by atoms with Gasteiger partial charge in [0.15, 0.2) is 17.3 Å². The Kier molecular flexibility index (Phi) is 9.65. The quantitative estimate of drug-likeness (QED) is 0.117. The zero-order valence-electron chi connectivity index (χ0n) is 26.8. The number of allylic oxidation sites excluding steroid dienone is 1. The van der Waals surface area contributed by atoms with Crippen LogP contribution in [-0.4, -0.2) is 5.78 Å².